The van der Waals surface area contributed by atoms with Crippen molar-refractivity contribution in [1.29, 1.82) is 0 Å². The number of ether oxygens (including phenoxy) is 2. The number of amidine groups is 1. The summed E-state index contributed by atoms with van der Waals surface area (Å²) in [5.41, 5.74) is 7.75. The summed E-state index contributed by atoms with van der Waals surface area (Å²) in [5.74, 6) is 0.326. The van der Waals surface area contributed by atoms with Gasteiger partial charge in [0, 0.05) is 10.6 Å². The zero-order valence-electron chi connectivity index (χ0n) is 15.1. The molecule has 0 saturated heterocycles. The number of halogens is 1. The van der Waals surface area contributed by atoms with Crippen molar-refractivity contribution in [3.8, 4) is 22.8 Å². The minimum atomic E-state index is -0.745. The molecule has 0 spiro atoms. The first-order valence-electron chi connectivity index (χ1n) is 8.10. The average Bonchev–Trinajstić information content (AvgIpc) is 3.22. The van der Waals surface area contributed by atoms with Gasteiger partial charge in [0.15, 0.2) is 5.84 Å². The molecule has 144 valence electrons. The highest BCUT2D eigenvalue weighted by Crippen LogP contribution is 2.24. The summed E-state index contributed by atoms with van der Waals surface area (Å²) >= 11 is 5.96. The lowest BCUT2D eigenvalue weighted by Crippen LogP contribution is -2.16. The first kappa shape index (κ1) is 19.2. The second kappa shape index (κ2) is 8.45. The number of nitrogens with one attached hydrogen (secondary N) is 1. The van der Waals surface area contributed by atoms with E-state index in [2.05, 4.69) is 15.4 Å². The van der Waals surface area contributed by atoms with Crippen molar-refractivity contribution < 1.29 is 19.1 Å². The Morgan fingerprint density at radius 1 is 1.14 bits per heavy atom. The number of aromatic nitrogens is 2. The summed E-state index contributed by atoms with van der Waals surface area (Å²) in [6.45, 7) is 0. The van der Waals surface area contributed by atoms with E-state index in [-0.39, 0.29) is 11.5 Å². The highest BCUT2D eigenvalue weighted by atomic mass is 35.5. The van der Waals surface area contributed by atoms with Crippen LogP contribution in [0, 0.1) is 0 Å². The van der Waals surface area contributed by atoms with Crippen molar-refractivity contribution in [2.75, 3.05) is 14.2 Å². The average molecular weight is 401 g/mol. The largest absolute Gasteiger partial charge is 0.497 e. The van der Waals surface area contributed by atoms with Crippen LogP contribution in [0.25, 0.3) is 11.3 Å². The first-order valence-corrected chi connectivity index (χ1v) is 8.48. The molecule has 0 radical (unpaired) electrons. The Hall–Kier alpha value is -3.52. The number of hydrogen-bond donors (Lipinski definition) is 2. The molecule has 8 nitrogen and oxygen atoms in total. The normalized spacial score (nSPS) is 11.2. The number of hydrogen-bond acceptors (Lipinski definition) is 6. The second-order valence-corrected chi connectivity index (χ2v) is 6.04. The van der Waals surface area contributed by atoms with E-state index in [0.717, 1.165) is 5.56 Å². The highest BCUT2D eigenvalue weighted by molar-refractivity contribution is 6.31. The summed E-state index contributed by atoms with van der Waals surface area (Å²) in [7, 11) is 3.06. The third-order valence-electron chi connectivity index (χ3n) is 3.83. The predicted octanol–water partition coefficient (Wildman–Crippen LogP) is 3.22. The molecule has 2 aromatic carbocycles. The molecular weight excluding hydrogens is 384 g/mol. The van der Waals surface area contributed by atoms with Crippen LogP contribution in [0.5, 0.6) is 11.5 Å². The van der Waals surface area contributed by atoms with E-state index >= 15 is 0 Å². The van der Waals surface area contributed by atoms with Crippen molar-refractivity contribution in [2.45, 2.75) is 0 Å². The summed E-state index contributed by atoms with van der Waals surface area (Å²) in [6.07, 6.45) is 0. The molecule has 28 heavy (non-hydrogen) atoms. The van der Waals surface area contributed by atoms with E-state index in [9.17, 15) is 4.79 Å². The number of aromatic amines is 1. The standard InChI is InChI=1S/C19H17ClN4O4/c1-26-13-5-3-4-11(8-13)15-10-16(23-22-15)19(25)28-24-18(21)14-9-12(20)6-7-17(14)27-2/h3-10H,1-2H3,(H2,21,24)(H,22,23). The number of methoxy groups -OCH3 is 2. The summed E-state index contributed by atoms with van der Waals surface area (Å²) in [4.78, 5) is 17.1. The van der Waals surface area contributed by atoms with Gasteiger partial charge in [-0.2, -0.15) is 5.10 Å². The van der Waals surface area contributed by atoms with Crippen LogP contribution >= 0.6 is 11.6 Å². The van der Waals surface area contributed by atoms with Gasteiger partial charge in [-0.3, -0.25) is 5.10 Å². The fourth-order valence-corrected chi connectivity index (χ4v) is 2.60. The molecule has 0 aliphatic rings. The zero-order valence-corrected chi connectivity index (χ0v) is 15.9. The molecule has 9 heteroatoms. The Balaban J connectivity index is 1.76. The van der Waals surface area contributed by atoms with Gasteiger partial charge in [-0.05, 0) is 36.4 Å². The molecule has 3 aromatic rings. The Morgan fingerprint density at radius 3 is 2.71 bits per heavy atom. The molecule has 0 aliphatic carbocycles. The van der Waals surface area contributed by atoms with Gasteiger partial charge >= 0.3 is 5.97 Å². The van der Waals surface area contributed by atoms with Crippen molar-refractivity contribution in [3.05, 3.63) is 64.8 Å². The Kier molecular flexibility index (Phi) is 5.81. The molecule has 0 fully saturated rings. The molecule has 0 amide bonds. The molecule has 0 atom stereocenters. The number of H-pyrrole nitrogens is 1. The Labute approximate surface area is 165 Å². The molecule has 0 aliphatic heterocycles. The number of nitrogens with zero attached hydrogens (tertiary/aromatic N) is 2. The number of carbonyl (C=O) groups is 1. The predicted molar refractivity (Wildman–Crippen MR) is 105 cm³/mol. The van der Waals surface area contributed by atoms with E-state index < -0.39 is 5.97 Å². The lowest BCUT2D eigenvalue weighted by molar-refractivity contribution is 0.0509. The fourth-order valence-electron chi connectivity index (χ4n) is 2.43. The minimum Gasteiger partial charge on any atom is -0.497 e. The van der Waals surface area contributed by atoms with E-state index in [4.69, 9.17) is 31.6 Å². The zero-order chi connectivity index (χ0) is 20.1. The van der Waals surface area contributed by atoms with E-state index in [1.165, 1.54) is 7.11 Å². The van der Waals surface area contributed by atoms with Crippen LogP contribution in [0.1, 0.15) is 16.1 Å². The van der Waals surface area contributed by atoms with Gasteiger partial charge in [-0.15, -0.1) is 0 Å². The lowest BCUT2D eigenvalue weighted by Gasteiger charge is -2.07. The van der Waals surface area contributed by atoms with Crippen LogP contribution < -0.4 is 15.2 Å². The molecule has 3 N–H and O–H groups in total. The Morgan fingerprint density at radius 2 is 1.96 bits per heavy atom. The van der Waals surface area contributed by atoms with Crippen LogP contribution in [-0.2, 0) is 4.84 Å². The van der Waals surface area contributed by atoms with Gasteiger partial charge in [0.25, 0.3) is 0 Å². The third kappa shape index (κ3) is 4.24. The number of carbonyl (C=O) groups excluding carboxylic acids is 1. The molecule has 1 heterocycles. The maximum absolute atomic E-state index is 12.2. The van der Waals surface area contributed by atoms with Crippen molar-refractivity contribution in [3.63, 3.8) is 0 Å². The van der Waals surface area contributed by atoms with Crippen LogP contribution in [0.3, 0.4) is 0 Å². The van der Waals surface area contributed by atoms with Crippen LogP contribution in [0.2, 0.25) is 5.02 Å². The van der Waals surface area contributed by atoms with Crippen LogP contribution in [0.15, 0.2) is 53.7 Å². The maximum atomic E-state index is 12.2. The molecule has 0 unspecified atom stereocenters. The monoisotopic (exact) mass is 400 g/mol. The van der Waals surface area contributed by atoms with Gasteiger partial charge in [0.05, 0.1) is 25.5 Å². The summed E-state index contributed by atoms with van der Waals surface area (Å²) < 4.78 is 10.4. The minimum absolute atomic E-state index is 0.0553. The van der Waals surface area contributed by atoms with Crippen molar-refractivity contribution in [1.82, 2.24) is 10.2 Å². The number of benzene rings is 2. The van der Waals surface area contributed by atoms with Gasteiger partial charge in [0.1, 0.15) is 17.2 Å². The topological polar surface area (TPSA) is 112 Å². The molecule has 3 rings (SSSR count). The van der Waals surface area contributed by atoms with Crippen molar-refractivity contribution in [2.24, 2.45) is 10.9 Å². The van der Waals surface area contributed by atoms with Gasteiger partial charge in [-0.25, -0.2) is 4.79 Å². The van der Waals surface area contributed by atoms with Crippen LogP contribution in [0.4, 0.5) is 0 Å². The van der Waals surface area contributed by atoms with Crippen LogP contribution in [-0.4, -0.2) is 36.2 Å². The molecule has 0 bridgehead atoms. The van der Waals surface area contributed by atoms with E-state index in [1.807, 2.05) is 18.2 Å². The maximum Gasteiger partial charge on any atom is 0.383 e. The molecular formula is C19H17ClN4O4. The quantitative estimate of drug-likeness (QED) is 0.284. The Bertz CT molecular complexity index is 1030. The highest BCUT2D eigenvalue weighted by Gasteiger charge is 2.15. The molecule has 0 saturated carbocycles. The van der Waals surface area contributed by atoms with Gasteiger partial charge < -0.3 is 20.0 Å². The van der Waals surface area contributed by atoms with Gasteiger partial charge in [0.2, 0.25) is 0 Å². The number of oxime groups is 1. The SMILES string of the molecule is COc1cccc(-c2cc(C(=O)O/N=C(\N)c3cc(Cl)ccc3OC)[nH]n2)c1. The molecule has 1 aromatic heterocycles. The fraction of sp³-hybridized carbons (Fsp3) is 0.105. The van der Waals surface area contributed by atoms with Gasteiger partial charge in [-0.1, -0.05) is 28.9 Å². The van der Waals surface area contributed by atoms with Crippen molar-refractivity contribution >= 4 is 23.4 Å². The number of nitrogens with two attached hydrogens (primary N) is 1. The number of rotatable bonds is 6. The van der Waals surface area contributed by atoms with E-state index in [1.54, 1.807) is 37.4 Å². The summed E-state index contributed by atoms with van der Waals surface area (Å²) in [5, 5.41) is 10.8. The lowest BCUT2D eigenvalue weighted by atomic mass is 10.1. The summed E-state index contributed by atoms with van der Waals surface area (Å²) in [6, 6.07) is 13.7. The van der Waals surface area contributed by atoms with E-state index in [0.29, 0.717) is 27.8 Å². The third-order valence-corrected chi connectivity index (χ3v) is 4.06. The first-order chi connectivity index (χ1) is 13.5. The smallest absolute Gasteiger partial charge is 0.383 e. The second-order valence-electron chi connectivity index (χ2n) is 5.60.